The number of carboxylic acid groups (broad SMARTS) is 1. The number of nitrogens with zero attached hydrogens (tertiary/aromatic N) is 4. The fourth-order valence-electron chi connectivity index (χ4n) is 2.54. The Balaban J connectivity index is 0.00000109. The fourth-order valence-corrected chi connectivity index (χ4v) is 2.54. The van der Waals surface area contributed by atoms with Gasteiger partial charge in [0, 0.05) is 36.8 Å². The average Bonchev–Trinajstić information content (AvgIpc) is 3.01. The van der Waals surface area contributed by atoms with Gasteiger partial charge in [-0.25, -0.2) is 14.8 Å². The maximum absolute atomic E-state index is 11.5. The molecule has 0 aliphatic rings. The number of aryl methyl sites for hydroxylation is 1. The van der Waals surface area contributed by atoms with Gasteiger partial charge >= 0.3 is 5.97 Å². The van der Waals surface area contributed by atoms with Crippen LogP contribution in [0, 0.1) is 11.3 Å². The lowest BCUT2D eigenvalue weighted by molar-refractivity contribution is 0.0687. The van der Waals surface area contributed by atoms with Crippen LogP contribution in [0.25, 0.3) is 22.3 Å². The van der Waals surface area contributed by atoms with Crippen LogP contribution in [-0.2, 0) is 7.05 Å². The molecule has 0 saturated heterocycles. The molecule has 0 saturated carbocycles. The van der Waals surface area contributed by atoms with Gasteiger partial charge in [0.2, 0.25) is 0 Å². The van der Waals surface area contributed by atoms with Gasteiger partial charge in [0.15, 0.2) is 0 Å². The SMILES string of the molecule is CC.Cn1cc(C#N)c(-c2ccc(-c3cncnc3)cc2)c1C(=O)O. The Morgan fingerprint density at radius 2 is 1.64 bits per heavy atom. The van der Waals surface area contributed by atoms with Crippen molar-refractivity contribution in [3.8, 4) is 28.3 Å². The predicted molar refractivity (Wildman–Crippen MR) is 94.9 cm³/mol. The van der Waals surface area contributed by atoms with E-state index in [1.165, 1.54) is 17.1 Å². The Kier molecular flexibility index (Phi) is 5.64. The molecule has 3 aromatic rings. The topological polar surface area (TPSA) is 91.8 Å². The van der Waals surface area contributed by atoms with E-state index in [2.05, 4.69) is 16.0 Å². The van der Waals surface area contributed by atoms with E-state index < -0.39 is 5.97 Å². The monoisotopic (exact) mass is 334 g/mol. The minimum absolute atomic E-state index is 0.0948. The number of hydrogen-bond acceptors (Lipinski definition) is 4. The largest absolute Gasteiger partial charge is 0.477 e. The summed E-state index contributed by atoms with van der Waals surface area (Å²) in [5, 5.41) is 18.7. The molecule has 0 aliphatic carbocycles. The second-order valence-electron chi connectivity index (χ2n) is 5.00. The van der Waals surface area contributed by atoms with Crippen LogP contribution in [0.1, 0.15) is 29.9 Å². The molecular weight excluding hydrogens is 316 g/mol. The van der Waals surface area contributed by atoms with Crippen LogP contribution in [0.3, 0.4) is 0 Å². The van der Waals surface area contributed by atoms with Gasteiger partial charge in [-0.05, 0) is 11.1 Å². The fraction of sp³-hybridized carbons (Fsp3) is 0.158. The van der Waals surface area contributed by atoms with E-state index in [4.69, 9.17) is 0 Å². The summed E-state index contributed by atoms with van der Waals surface area (Å²) in [6.07, 6.45) is 6.39. The van der Waals surface area contributed by atoms with Gasteiger partial charge in [0.1, 0.15) is 18.1 Å². The van der Waals surface area contributed by atoms with Gasteiger partial charge in [-0.1, -0.05) is 38.1 Å². The molecule has 1 N–H and O–H groups in total. The summed E-state index contributed by atoms with van der Waals surface area (Å²) in [6.45, 7) is 4.00. The van der Waals surface area contributed by atoms with E-state index in [1.807, 2.05) is 26.0 Å². The summed E-state index contributed by atoms with van der Waals surface area (Å²) < 4.78 is 1.45. The van der Waals surface area contributed by atoms with Crippen LogP contribution >= 0.6 is 0 Å². The highest BCUT2D eigenvalue weighted by Crippen LogP contribution is 2.30. The van der Waals surface area contributed by atoms with Gasteiger partial charge in [-0.3, -0.25) is 0 Å². The Morgan fingerprint density at radius 1 is 1.08 bits per heavy atom. The van der Waals surface area contributed by atoms with Gasteiger partial charge in [-0.2, -0.15) is 5.26 Å². The third-order valence-corrected chi connectivity index (χ3v) is 3.57. The Labute approximate surface area is 146 Å². The van der Waals surface area contributed by atoms with Gasteiger partial charge in [0.25, 0.3) is 0 Å². The lowest BCUT2D eigenvalue weighted by Crippen LogP contribution is -2.05. The molecule has 0 amide bonds. The maximum Gasteiger partial charge on any atom is 0.353 e. The highest BCUT2D eigenvalue weighted by molar-refractivity contribution is 5.96. The van der Waals surface area contributed by atoms with E-state index in [1.54, 1.807) is 31.6 Å². The molecule has 2 heterocycles. The lowest BCUT2D eigenvalue weighted by atomic mass is 9.99. The standard InChI is InChI=1S/C17H12N4O2.C2H6/c1-21-9-13(6-18)15(16(21)17(22)23)12-4-2-11(3-5-12)14-7-19-10-20-8-14;1-2/h2-5,7-10H,1H3,(H,22,23);1-2H3. The molecule has 0 unspecified atom stereocenters. The van der Waals surface area contributed by atoms with Crippen LogP contribution in [0.15, 0.2) is 49.2 Å². The van der Waals surface area contributed by atoms with E-state index in [-0.39, 0.29) is 5.69 Å². The minimum Gasteiger partial charge on any atom is -0.477 e. The van der Waals surface area contributed by atoms with Crippen LogP contribution in [-0.4, -0.2) is 25.6 Å². The zero-order chi connectivity index (χ0) is 18.4. The highest BCUT2D eigenvalue weighted by atomic mass is 16.4. The molecule has 0 spiro atoms. The van der Waals surface area contributed by atoms with Crippen molar-refractivity contribution in [2.75, 3.05) is 0 Å². The smallest absolute Gasteiger partial charge is 0.353 e. The van der Waals surface area contributed by atoms with E-state index in [9.17, 15) is 15.2 Å². The Bertz CT molecular complexity index is 907. The van der Waals surface area contributed by atoms with Crippen molar-refractivity contribution >= 4 is 5.97 Å². The van der Waals surface area contributed by atoms with Crippen LogP contribution in [0.5, 0.6) is 0 Å². The third-order valence-electron chi connectivity index (χ3n) is 3.57. The number of aromatic carboxylic acids is 1. The number of carbonyl (C=O) groups is 1. The van der Waals surface area contributed by atoms with E-state index in [0.29, 0.717) is 16.7 Å². The highest BCUT2D eigenvalue weighted by Gasteiger charge is 2.21. The molecule has 6 heteroatoms. The zero-order valence-electron chi connectivity index (χ0n) is 14.3. The molecule has 3 rings (SSSR count). The van der Waals surface area contributed by atoms with Crippen molar-refractivity contribution in [2.24, 2.45) is 7.05 Å². The first-order valence-electron chi connectivity index (χ1n) is 7.80. The second kappa shape index (κ2) is 7.88. The van der Waals surface area contributed by atoms with Crippen molar-refractivity contribution < 1.29 is 9.90 Å². The van der Waals surface area contributed by atoms with Gasteiger partial charge < -0.3 is 9.67 Å². The second-order valence-corrected chi connectivity index (χ2v) is 5.00. The summed E-state index contributed by atoms with van der Waals surface area (Å²) in [4.78, 5) is 19.4. The molecule has 6 nitrogen and oxygen atoms in total. The van der Waals surface area contributed by atoms with Gasteiger partial charge in [0.05, 0.1) is 5.56 Å². The first kappa shape index (κ1) is 17.9. The van der Waals surface area contributed by atoms with E-state index in [0.717, 1.165) is 11.1 Å². The van der Waals surface area contributed by atoms with Gasteiger partial charge in [-0.15, -0.1) is 0 Å². The van der Waals surface area contributed by atoms with Crippen LogP contribution < -0.4 is 0 Å². The Morgan fingerprint density at radius 3 is 2.16 bits per heavy atom. The summed E-state index contributed by atoms with van der Waals surface area (Å²) in [5.74, 6) is -1.07. The average molecular weight is 334 g/mol. The van der Waals surface area contributed by atoms with Crippen molar-refractivity contribution in [3.05, 3.63) is 60.4 Å². The Hall–Kier alpha value is -3.46. The molecular formula is C19H18N4O2. The molecule has 25 heavy (non-hydrogen) atoms. The van der Waals surface area contributed by atoms with E-state index >= 15 is 0 Å². The molecule has 0 atom stereocenters. The number of rotatable bonds is 3. The summed E-state index contributed by atoms with van der Waals surface area (Å²) in [7, 11) is 1.61. The summed E-state index contributed by atoms with van der Waals surface area (Å²) in [6, 6.07) is 9.36. The lowest BCUT2D eigenvalue weighted by Gasteiger charge is -2.06. The normalized spacial score (nSPS) is 9.68. The molecule has 0 fully saturated rings. The zero-order valence-corrected chi connectivity index (χ0v) is 14.3. The number of aromatic nitrogens is 3. The van der Waals surface area contributed by atoms with Crippen molar-refractivity contribution in [3.63, 3.8) is 0 Å². The maximum atomic E-state index is 11.5. The quantitative estimate of drug-likeness (QED) is 0.787. The van der Waals surface area contributed by atoms with Crippen LogP contribution in [0.4, 0.5) is 0 Å². The van der Waals surface area contributed by atoms with Crippen LogP contribution in [0.2, 0.25) is 0 Å². The first-order valence-corrected chi connectivity index (χ1v) is 7.80. The number of hydrogen-bond donors (Lipinski definition) is 1. The predicted octanol–water partition coefficient (Wildman–Crippen LogP) is 3.75. The first-order chi connectivity index (χ1) is 12.1. The molecule has 0 aliphatic heterocycles. The number of benzene rings is 1. The van der Waals surface area contributed by atoms with Crippen molar-refractivity contribution in [2.45, 2.75) is 13.8 Å². The summed E-state index contributed by atoms with van der Waals surface area (Å²) >= 11 is 0. The van der Waals surface area contributed by atoms with Crippen molar-refractivity contribution in [1.29, 1.82) is 5.26 Å². The summed E-state index contributed by atoms with van der Waals surface area (Å²) in [5.41, 5.74) is 3.32. The minimum atomic E-state index is -1.07. The number of nitriles is 1. The van der Waals surface area contributed by atoms with Crippen molar-refractivity contribution in [1.82, 2.24) is 14.5 Å². The number of carboxylic acids is 1. The molecule has 0 bridgehead atoms. The molecule has 1 aromatic carbocycles. The molecule has 2 aromatic heterocycles. The molecule has 126 valence electrons. The molecule has 0 radical (unpaired) electrons. The third kappa shape index (κ3) is 3.56.